The van der Waals surface area contributed by atoms with Crippen molar-refractivity contribution in [1.29, 1.82) is 0 Å². The van der Waals surface area contributed by atoms with Crippen molar-refractivity contribution >= 4 is 29.0 Å². The predicted octanol–water partition coefficient (Wildman–Crippen LogP) is 2.06. The zero-order valence-corrected chi connectivity index (χ0v) is 15.0. The number of benzene rings is 1. The number of likely N-dealkylation sites (N-methyl/N-ethyl adjacent to an activating group) is 1. The first-order chi connectivity index (χ1) is 11.1. The standard InChI is InChI=1S/C15H20N4O2S2/c1-19(2)13(11-5-4-6-12(7-11)21-3)8-16-14(20)9-22-15-18-17-10-23-15/h4-7,10,13H,8-9H2,1-3H3,(H,16,20). The summed E-state index contributed by atoms with van der Waals surface area (Å²) in [4.78, 5) is 14.1. The maximum absolute atomic E-state index is 12.0. The van der Waals surface area contributed by atoms with Gasteiger partial charge < -0.3 is 15.0 Å². The van der Waals surface area contributed by atoms with Gasteiger partial charge in [0.05, 0.1) is 18.9 Å². The summed E-state index contributed by atoms with van der Waals surface area (Å²) in [6.07, 6.45) is 0. The fourth-order valence-corrected chi connectivity index (χ4v) is 3.38. The SMILES string of the molecule is COc1cccc(C(CNC(=O)CSc2nncs2)N(C)C)c1. The van der Waals surface area contributed by atoms with E-state index in [9.17, 15) is 4.79 Å². The number of methoxy groups -OCH3 is 1. The van der Waals surface area contributed by atoms with Crippen LogP contribution in [0.4, 0.5) is 0 Å². The van der Waals surface area contributed by atoms with Gasteiger partial charge in [-0.2, -0.15) is 0 Å². The summed E-state index contributed by atoms with van der Waals surface area (Å²) in [7, 11) is 5.63. The van der Waals surface area contributed by atoms with Gasteiger partial charge in [-0.1, -0.05) is 35.2 Å². The minimum absolute atomic E-state index is 0.0139. The molecule has 1 amide bonds. The summed E-state index contributed by atoms with van der Waals surface area (Å²) in [5, 5.41) is 10.6. The maximum atomic E-state index is 12.0. The smallest absolute Gasteiger partial charge is 0.230 e. The number of ether oxygens (including phenoxy) is 1. The number of thioether (sulfide) groups is 1. The highest BCUT2D eigenvalue weighted by Gasteiger charge is 2.16. The number of hydrogen-bond acceptors (Lipinski definition) is 7. The van der Waals surface area contributed by atoms with Crippen molar-refractivity contribution in [3.8, 4) is 5.75 Å². The number of rotatable bonds is 8. The van der Waals surface area contributed by atoms with Crippen LogP contribution in [-0.2, 0) is 4.79 Å². The number of carbonyl (C=O) groups excluding carboxylic acids is 1. The molecule has 23 heavy (non-hydrogen) atoms. The van der Waals surface area contributed by atoms with E-state index in [4.69, 9.17) is 4.74 Å². The lowest BCUT2D eigenvalue weighted by atomic mass is 10.1. The van der Waals surface area contributed by atoms with E-state index >= 15 is 0 Å². The van der Waals surface area contributed by atoms with Gasteiger partial charge in [-0.15, -0.1) is 10.2 Å². The molecular formula is C15H20N4O2S2. The Hall–Kier alpha value is -1.64. The quantitative estimate of drug-likeness (QED) is 0.734. The third-order valence-electron chi connectivity index (χ3n) is 3.26. The molecule has 8 heteroatoms. The van der Waals surface area contributed by atoms with E-state index in [-0.39, 0.29) is 11.9 Å². The van der Waals surface area contributed by atoms with Crippen LogP contribution in [0.15, 0.2) is 34.1 Å². The van der Waals surface area contributed by atoms with E-state index in [1.54, 1.807) is 12.6 Å². The molecule has 2 aromatic rings. The molecule has 1 atom stereocenters. The lowest BCUT2D eigenvalue weighted by molar-refractivity contribution is -0.118. The van der Waals surface area contributed by atoms with Crippen LogP contribution in [0.5, 0.6) is 5.75 Å². The van der Waals surface area contributed by atoms with E-state index in [1.807, 2.05) is 38.4 Å². The Kier molecular flexibility index (Phi) is 6.82. The van der Waals surface area contributed by atoms with Crippen LogP contribution in [0, 0.1) is 0 Å². The summed E-state index contributed by atoms with van der Waals surface area (Å²) >= 11 is 2.83. The molecule has 0 saturated carbocycles. The lowest BCUT2D eigenvalue weighted by Crippen LogP contribution is -2.35. The third kappa shape index (κ3) is 5.49. The second-order valence-electron chi connectivity index (χ2n) is 5.05. The van der Waals surface area contributed by atoms with Gasteiger partial charge >= 0.3 is 0 Å². The fraction of sp³-hybridized carbons (Fsp3) is 0.400. The Labute approximate surface area is 144 Å². The average Bonchev–Trinajstić information content (AvgIpc) is 3.06. The minimum Gasteiger partial charge on any atom is -0.497 e. The Morgan fingerprint density at radius 2 is 2.30 bits per heavy atom. The average molecular weight is 352 g/mol. The largest absolute Gasteiger partial charge is 0.497 e. The van der Waals surface area contributed by atoms with E-state index in [0.29, 0.717) is 12.3 Å². The first-order valence-electron chi connectivity index (χ1n) is 7.06. The highest BCUT2D eigenvalue weighted by Crippen LogP contribution is 2.22. The molecule has 0 radical (unpaired) electrons. The molecule has 0 aliphatic carbocycles. The number of nitrogens with one attached hydrogen (secondary N) is 1. The van der Waals surface area contributed by atoms with Crippen molar-refractivity contribution < 1.29 is 9.53 Å². The Bertz CT molecular complexity index is 620. The second-order valence-corrected chi connectivity index (χ2v) is 7.11. The molecular weight excluding hydrogens is 332 g/mol. The molecule has 0 spiro atoms. The summed E-state index contributed by atoms with van der Waals surface area (Å²) in [5.41, 5.74) is 2.76. The molecule has 0 bridgehead atoms. The Balaban J connectivity index is 1.90. The number of aromatic nitrogens is 2. The number of carbonyl (C=O) groups is 1. The van der Waals surface area contributed by atoms with E-state index in [1.165, 1.54) is 23.1 Å². The molecule has 2 rings (SSSR count). The molecule has 1 aromatic heterocycles. The molecule has 0 aliphatic rings. The molecule has 1 heterocycles. The number of amides is 1. The number of hydrogen-bond donors (Lipinski definition) is 1. The van der Waals surface area contributed by atoms with Crippen molar-refractivity contribution in [3.63, 3.8) is 0 Å². The van der Waals surface area contributed by atoms with Gasteiger partial charge in [-0.05, 0) is 31.8 Å². The van der Waals surface area contributed by atoms with Crippen LogP contribution in [-0.4, -0.2) is 54.5 Å². The van der Waals surface area contributed by atoms with E-state index in [2.05, 4.69) is 20.4 Å². The van der Waals surface area contributed by atoms with Crippen LogP contribution < -0.4 is 10.1 Å². The van der Waals surface area contributed by atoms with E-state index < -0.39 is 0 Å². The Morgan fingerprint density at radius 3 is 2.96 bits per heavy atom. The Morgan fingerprint density at radius 1 is 1.48 bits per heavy atom. The topological polar surface area (TPSA) is 67.3 Å². The predicted molar refractivity (Wildman–Crippen MR) is 93.1 cm³/mol. The minimum atomic E-state index is -0.0139. The van der Waals surface area contributed by atoms with Crippen molar-refractivity contribution in [2.45, 2.75) is 10.4 Å². The molecule has 0 aliphatic heterocycles. The summed E-state index contributed by atoms with van der Waals surface area (Å²) < 4.78 is 6.07. The zero-order valence-electron chi connectivity index (χ0n) is 13.4. The summed E-state index contributed by atoms with van der Waals surface area (Å²) in [6.45, 7) is 0.537. The molecule has 1 N–H and O–H groups in total. The van der Waals surface area contributed by atoms with Crippen LogP contribution in [0.25, 0.3) is 0 Å². The van der Waals surface area contributed by atoms with Crippen molar-refractivity contribution in [2.75, 3.05) is 33.5 Å². The van der Waals surface area contributed by atoms with Gasteiger partial charge in [0.2, 0.25) is 5.91 Å². The van der Waals surface area contributed by atoms with Crippen LogP contribution >= 0.6 is 23.1 Å². The molecule has 6 nitrogen and oxygen atoms in total. The van der Waals surface area contributed by atoms with Gasteiger partial charge in [0.15, 0.2) is 4.34 Å². The molecule has 1 aromatic carbocycles. The third-order valence-corrected chi connectivity index (χ3v) is 5.12. The van der Waals surface area contributed by atoms with Gasteiger partial charge in [-0.3, -0.25) is 4.79 Å². The molecule has 124 valence electrons. The second kappa shape index (κ2) is 8.85. The number of nitrogens with zero attached hydrogens (tertiary/aromatic N) is 3. The summed E-state index contributed by atoms with van der Waals surface area (Å²) in [5.74, 6) is 1.14. The van der Waals surface area contributed by atoms with Crippen LogP contribution in [0.2, 0.25) is 0 Å². The first kappa shape index (κ1) is 17.7. The highest BCUT2D eigenvalue weighted by atomic mass is 32.2. The first-order valence-corrected chi connectivity index (χ1v) is 8.92. The molecule has 0 saturated heterocycles. The normalized spacial score (nSPS) is 12.2. The highest BCUT2D eigenvalue weighted by molar-refractivity contribution is 8.01. The molecule has 1 unspecified atom stereocenters. The van der Waals surface area contributed by atoms with Crippen molar-refractivity contribution in [3.05, 3.63) is 35.3 Å². The van der Waals surface area contributed by atoms with Gasteiger partial charge in [0.1, 0.15) is 11.3 Å². The maximum Gasteiger partial charge on any atom is 0.230 e. The van der Waals surface area contributed by atoms with Gasteiger partial charge in [-0.25, -0.2) is 0 Å². The lowest BCUT2D eigenvalue weighted by Gasteiger charge is -2.25. The van der Waals surface area contributed by atoms with E-state index in [0.717, 1.165) is 15.7 Å². The van der Waals surface area contributed by atoms with Crippen molar-refractivity contribution in [2.24, 2.45) is 0 Å². The zero-order chi connectivity index (χ0) is 16.7. The monoisotopic (exact) mass is 352 g/mol. The van der Waals surface area contributed by atoms with Crippen molar-refractivity contribution in [1.82, 2.24) is 20.4 Å². The van der Waals surface area contributed by atoms with Crippen LogP contribution in [0.1, 0.15) is 11.6 Å². The van der Waals surface area contributed by atoms with Gasteiger partial charge in [0.25, 0.3) is 0 Å². The summed E-state index contributed by atoms with van der Waals surface area (Å²) in [6, 6.07) is 7.98. The van der Waals surface area contributed by atoms with Crippen LogP contribution in [0.3, 0.4) is 0 Å². The van der Waals surface area contributed by atoms with Gasteiger partial charge in [0, 0.05) is 6.54 Å². The molecule has 0 fully saturated rings. The fourth-order valence-electron chi connectivity index (χ4n) is 2.06.